The van der Waals surface area contributed by atoms with E-state index in [4.69, 9.17) is 9.47 Å². The van der Waals surface area contributed by atoms with Crippen LogP contribution < -0.4 is 0 Å². The van der Waals surface area contributed by atoms with Crippen LogP contribution >= 0.6 is 0 Å². The van der Waals surface area contributed by atoms with E-state index in [0.717, 1.165) is 33.4 Å². The largest absolute Gasteiger partial charge is 0.507 e. The van der Waals surface area contributed by atoms with Gasteiger partial charge in [0.1, 0.15) is 11.5 Å². The molecule has 3 aromatic carbocycles. The van der Waals surface area contributed by atoms with E-state index in [0.29, 0.717) is 35.5 Å². The molecule has 0 heterocycles. The van der Waals surface area contributed by atoms with Crippen molar-refractivity contribution in [2.24, 2.45) is 10.8 Å². The number of esters is 2. The number of phenols is 2. The molecule has 286 valence electrons. The summed E-state index contributed by atoms with van der Waals surface area (Å²) in [5, 5.41) is 22.2. The van der Waals surface area contributed by atoms with Gasteiger partial charge in [0.25, 0.3) is 0 Å². The highest BCUT2D eigenvalue weighted by Gasteiger charge is 2.31. The number of hydrogen-bond donors (Lipinski definition) is 2. The molecule has 2 N–H and O–H groups in total. The maximum atomic E-state index is 13.1. The van der Waals surface area contributed by atoms with Crippen LogP contribution in [0.15, 0.2) is 48.5 Å². The maximum absolute atomic E-state index is 13.1. The number of rotatable bonds is 10. The first-order valence-corrected chi connectivity index (χ1v) is 18.6. The zero-order chi connectivity index (χ0) is 39.8. The van der Waals surface area contributed by atoms with Gasteiger partial charge in [0, 0.05) is 10.8 Å². The Morgan fingerprint density at radius 2 is 0.692 bits per heavy atom. The fraction of sp³-hybridized carbons (Fsp3) is 0.565. The van der Waals surface area contributed by atoms with Crippen LogP contribution in [0.5, 0.6) is 11.5 Å². The van der Waals surface area contributed by atoms with Crippen molar-refractivity contribution < 1.29 is 29.3 Å². The molecule has 0 bridgehead atoms. The highest BCUT2D eigenvalue weighted by molar-refractivity contribution is 5.93. The molecule has 0 fully saturated rings. The first-order valence-electron chi connectivity index (χ1n) is 18.6. The minimum absolute atomic E-state index is 0.205. The van der Waals surface area contributed by atoms with Gasteiger partial charge in [0.2, 0.25) is 0 Å². The Morgan fingerprint density at radius 1 is 0.462 bits per heavy atom. The molecule has 0 radical (unpaired) electrons. The number of benzene rings is 3. The Hall–Kier alpha value is -3.80. The average Bonchev–Trinajstić information content (AvgIpc) is 2.98. The zero-order valence-electron chi connectivity index (χ0n) is 35.0. The molecule has 0 aliphatic rings. The van der Waals surface area contributed by atoms with Gasteiger partial charge in [-0.05, 0) is 92.1 Å². The third kappa shape index (κ3) is 11.1. The van der Waals surface area contributed by atoms with Crippen molar-refractivity contribution in [3.05, 3.63) is 93.0 Å². The van der Waals surface area contributed by atoms with Crippen molar-refractivity contribution in [2.75, 3.05) is 13.2 Å². The number of ether oxygens (including phenoxy) is 2. The number of carbonyl (C=O) groups is 2. The molecule has 0 spiro atoms. The lowest BCUT2D eigenvalue weighted by atomic mass is 9.76. The van der Waals surface area contributed by atoms with Crippen molar-refractivity contribution in [2.45, 2.75) is 145 Å². The SMILES string of the molecule is CC(C)(COC(=O)c1ccc(C(=O)OCC(C)(C)Cc2cc(C(C)(C)C)c(O)c(C(C)(C)C)c2)cc1)Cc1cc(C(C)(C)C)c(O)c(C(C)(C)C)c1. The molecule has 52 heavy (non-hydrogen) atoms. The second-order valence-electron chi connectivity index (χ2n) is 20.5. The second kappa shape index (κ2) is 14.9. The molecule has 6 nitrogen and oxygen atoms in total. The molecule has 3 rings (SSSR count). The van der Waals surface area contributed by atoms with E-state index in [1.165, 1.54) is 0 Å². The normalized spacial score (nSPS) is 13.2. The van der Waals surface area contributed by atoms with Gasteiger partial charge < -0.3 is 19.7 Å². The standard InChI is InChI=1S/C46H66O6/c1-41(2,3)33-21-29(22-34(37(33)47)42(4,5)6)25-45(13,14)27-51-39(49)31-17-19-32(20-18-31)40(50)52-28-46(15,16)26-30-23-35(43(7,8)9)38(48)36(24-30)44(10,11)12/h17-24,47-48H,25-28H2,1-16H3. The monoisotopic (exact) mass is 714 g/mol. The van der Waals surface area contributed by atoms with E-state index in [9.17, 15) is 19.8 Å². The van der Waals surface area contributed by atoms with Crippen LogP contribution in [0, 0.1) is 10.8 Å². The molecule has 0 aliphatic heterocycles. The predicted molar refractivity (Wildman–Crippen MR) is 213 cm³/mol. The molecule has 0 unspecified atom stereocenters. The van der Waals surface area contributed by atoms with E-state index in [1.54, 1.807) is 24.3 Å². The summed E-state index contributed by atoms with van der Waals surface area (Å²) in [6, 6.07) is 14.7. The summed E-state index contributed by atoms with van der Waals surface area (Å²) >= 11 is 0. The summed E-state index contributed by atoms with van der Waals surface area (Å²) in [5.41, 5.74) is 4.89. The summed E-state index contributed by atoms with van der Waals surface area (Å²) in [6.45, 7) is 33.8. The Morgan fingerprint density at radius 3 is 0.904 bits per heavy atom. The van der Waals surface area contributed by atoms with Gasteiger partial charge in [-0.3, -0.25) is 0 Å². The minimum atomic E-state index is -0.455. The van der Waals surface area contributed by atoms with E-state index >= 15 is 0 Å². The van der Waals surface area contributed by atoms with Crippen LogP contribution in [0.25, 0.3) is 0 Å². The van der Waals surface area contributed by atoms with Gasteiger partial charge in [-0.15, -0.1) is 0 Å². The molecule has 3 aromatic rings. The molecular weight excluding hydrogens is 649 g/mol. The molecule has 0 aromatic heterocycles. The van der Waals surface area contributed by atoms with E-state index in [1.807, 2.05) is 0 Å². The van der Waals surface area contributed by atoms with E-state index in [2.05, 4.69) is 135 Å². The van der Waals surface area contributed by atoms with Crippen LogP contribution in [0.2, 0.25) is 0 Å². The summed E-state index contributed by atoms with van der Waals surface area (Å²) in [6.07, 6.45) is 1.33. The van der Waals surface area contributed by atoms with Gasteiger partial charge >= 0.3 is 11.9 Å². The number of hydrogen-bond acceptors (Lipinski definition) is 6. The van der Waals surface area contributed by atoms with Crippen LogP contribution in [-0.4, -0.2) is 35.4 Å². The summed E-state index contributed by atoms with van der Waals surface area (Å²) in [5.74, 6) is -0.211. The average molecular weight is 715 g/mol. The molecular formula is C46H66O6. The smallest absolute Gasteiger partial charge is 0.338 e. The summed E-state index contributed by atoms with van der Waals surface area (Å²) in [7, 11) is 0. The van der Waals surface area contributed by atoms with Gasteiger partial charge in [-0.2, -0.15) is 0 Å². The summed E-state index contributed by atoms with van der Waals surface area (Å²) < 4.78 is 11.6. The predicted octanol–water partition coefficient (Wildman–Crippen LogP) is 11.1. The lowest BCUT2D eigenvalue weighted by molar-refractivity contribution is 0.0330. The highest BCUT2D eigenvalue weighted by atomic mass is 16.5. The number of aromatic hydroxyl groups is 2. The van der Waals surface area contributed by atoms with Crippen molar-refractivity contribution in [3.63, 3.8) is 0 Å². The fourth-order valence-electron chi connectivity index (χ4n) is 6.52. The van der Waals surface area contributed by atoms with Crippen molar-refractivity contribution in [1.82, 2.24) is 0 Å². The second-order valence-corrected chi connectivity index (χ2v) is 20.5. The molecule has 0 atom stereocenters. The van der Waals surface area contributed by atoms with Gasteiger partial charge in [0.15, 0.2) is 0 Å². The van der Waals surface area contributed by atoms with Gasteiger partial charge in [0.05, 0.1) is 24.3 Å². The topological polar surface area (TPSA) is 93.1 Å². The Labute approximate surface area is 314 Å². The molecule has 0 aliphatic carbocycles. The third-order valence-electron chi connectivity index (χ3n) is 9.48. The Balaban J connectivity index is 1.65. The molecule has 0 saturated carbocycles. The summed E-state index contributed by atoms with van der Waals surface area (Å²) in [4.78, 5) is 26.2. The quantitative estimate of drug-likeness (QED) is 0.203. The Kier molecular flexibility index (Phi) is 12.2. The first-order chi connectivity index (χ1) is 23.4. The van der Waals surface area contributed by atoms with Crippen LogP contribution in [0.3, 0.4) is 0 Å². The third-order valence-corrected chi connectivity index (χ3v) is 9.48. The van der Waals surface area contributed by atoms with E-state index < -0.39 is 11.9 Å². The van der Waals surface area contributed by atoms with Crippen molar-refractivity contribution in [3.8, 4) is 11.5 Å². The fourth-order valence-corrected chi connectivity index (χ4v) is 6.52. The lowest BCUT2D eigenvalue weighted by Crippen LogP contribution is -2.26. The van der Waals surface area contributed by atoms with Crippen molar-refractivity contribution in [1.29, 1.82) is 0 Å². The van der Waals surface area contributed by atoms with Crippen molar-refractivity contribution >= 4 is 11.9 Å². The zero-order valence-corrected chi connectivity index (χ0v) is 35.0. The molecule has 0 amide bonds. The highest BCUT2D eigenvalue weighted by Crippen LogP contribution is 2.42. The van der Waals surface area contributed by atoms with Crippen LogP contribution in [-0.2, 0) is 44.0 Å². The van der Waals surface area contributed by atoms with E-state index in [-0.39, 0.29) is 45.7 Å². The van der Waals surface area contributed by atoms with Gasteiger partial charge in [-0.1, -0.05) is 135 Å². The Bertz CT molecular complexity index is 1550. The number of carbonyl (C=O) groups excluding carboxylic acids is 2. The molecule has 0 saturated heterocycles. The van der Waals surface area contributed by atoms with Gasteiger partial charge in [-0.25, -0.2) is 9.59 Å². The first kappa shape index (κ1) is 42.6. The minimum Gasteiger partial charge on any atom is -0.507 e. The lowest BCUT2D eigenvalue weighted by Gasteiger charge is -2.30. The van der Waals surface area contributed by atoms with Crippen LogP contribution in [0.1, 0.15) is 165 Å². The maximum Gasteiger partial charge on any atom is 0.338 e. The number of phenolic OH excluding ortho intramolecular Hbond substituents is 2. The van der Waals surface area contributed by atoms with Crippen LogP contribution in [0.4, 0.5) is 0 Å². The molecule has 6 heteroatoms.